The molecule has 0 saturated heterocycles. The molecule has 4 heteroatoms. The van der Waals surface area contributed by atoms with Gasteiger partial charge in [0.05, 0.1) is 6.54 Å². The molecule has 1 aliphatic rings. The van der Waals surface area contributed by atoms with Crippen molar-refractivity contribution in [2.45, 2.75) is 31.7 Å². The first-order valence-electron chi connectivity index (χ1n) is 5.04. The zero-order valence-corrected chi connectivity index (χ0v) is 8.20. The van der Waals surface area contributed by atoms with E-state index in [0.717, 1.165) is 12.4 Å². The van der Waals surface area contributed by atoms with Crippen molar-refractivity contribution >= 4 is 0 Å². The first kappa shape index (κ1) is 9.40. The Morgan fingerprint density at radius 2 is 2.43 bits per heavy atom. The minimum atomic E-state index is 0.548. The third kappa shape index (κ3) is 2.01. The molecular formula is C10H15N3O. The average molecular weight is 193 g/mol. The Morgan fingerprint density at radius 1 is 1.57 bits per heavy atom. The molecule has 1 saturated carbocycles. The zero-order valence-electron chi connectivity index (χ0n) is 8.20. The lowest BCUT2D eigenvalue weighted by Crippen LogP contribution is -2.13. The second kappa shape index (κ2) is 4.37. The summed E-state index contributed by atoms with van der Waals surface area (Å²) in [4.78, 5) is 4.33. The van der Waals surface area contributed by atoms with E-state index in [-0.39, 0.29) is 0 Å². The molecular weight excluding hydrogens is 178 g/mol. The molecule has 0 amide bonds. The van der Waals surface area contributed by atoms with Crippen LogP contribution < -0.4 is 5.32 Å². The predicted octanol–water partition coefficient (Wildman–Crippen LogP) is 1.61. The van der Waals surface area contributed by atoms with E-state index in [1.807, 2.05) is 6.08 Å². The van der Waals surface area contributed by atoms with Crippen molar-refractivity contribution < 1.29 is 4.52 Å². The Balaban J connectivity index is 1.85. The number of nitrogens with zero attached hydrogens (tertiary/aromatic N) is 2. The molecule has 4 nitrogen and oxygen atoms in total. The van der Waals surface area contributed by atoms with Gasteiger partial charge in [0.15, 0.2) is 5.82 Å². The number of nitrogens with one attached hydrogen (secondary N) is 1. The van der Waals surface area contributed by atoms with Crippen LogP contribution in [0.2, 0.25) is 0 Å². The molecule has 76 valence electrons. The molecule has 14 heavy (non-hydrogen) atoms. The Bertz CT molecular complexity index is 304. The lowest BCUT2D eigenvalue weighted by Gasteiger charge is -2.20. The van der Waals surface area contributed by atoms with Gasteiger partial charge in [-0.25, -0.2) is 0 Å². The van der Waals surface area contributed by atoms with Crippen LogP contribution in [-0.2, 0) is 6.54 Å². The standard InChI is InChI=1S/C10H15N3O/c1-2-6-11-7-9-12-10(13-14-9)8-4-3-5-8/h2,8,11H,1,3-7H2. The highest BCUT2D eigenvalue weighted by Crippen LogP contribution is 2.34. The van der Waals surface area contributed by atoms with Crippen LogP contribution in [0, 0.1) is 0 Å². The van der Waals surface area contributed by atoms with Gasteiger partial charge in [0.25, 0.3) is 0 Å². The molecule has 2 rings (SSSR count). The SMILES string of the molecule is C=CCNCc1nc(C2CCC2)no1. The molecule has 0 aromatic carbocycles. The molecule has 1 aromatic heterocycles. The fourth-order valence-electron chi connectivity index (χ4n) is 1.45. The smallest absolute Gasteiger partial charge is 0.240 e. The summed E-state index contributed by atoms with van der Waals surface area (Å²) in [6.07, 6.45) is 5.52. The fraction of sp³-hybridized carbons (Fsp3) is 0.600. The van der Waals surface area contributed by atoms with Crippen molar-refractivity contribution in [2.24, 2.45) is 0 Å². The van der Waals surface area contributed by atoms with Crippen molar-refractivity contribution in [3.05, 3.63) is 24.4 Å². The van der Waals surface area contributed by atoms with E-state index in [4.69, 9.17) is 4.52 Å². The van der Waals surface area contributed by atoms with E-state index in [1.165, 1.54) is 19.3 Å². The number of hydrogen-bond donors (Lipinski definition) is 1. The van der Waals surface area contributed by atoms with Crippen LogP contribution >= 0.6 is 0 Å². The van der Waals surface area contributed by atoms with Gasteiger partial charge in [-0.1, -0.05) is 17.7 Å². The van der Waals surface area contributed by atoms with E-state index >= 15 is 0 Å². The van der Waals surface area contributed by atoms with Crippen LogP contribution in [0.15, 0.2) is 17.2 Å². The van der Waals surface area contributed by atoms with Gasteiger partial charge < -0.3 is 9.84 Å². The molecule has 1 aromatic rings. The monoisotopic (exact) mass is 193 g/mol. The summed E-state index contributed by atoms with van der Waals surface area (Å²) in [5, 5.41) is 7.09. The van der Waals surface area contributed by atoms with Crippen molar-refractivity contribution in [1.29, 1.82) is 0 Å². The first-order valence-corrected chi connectivity index (χ1v) is 5.04. The summed E-state index contributed by atoms with van der Waals surface area (Å²) < 4.78 is 5.11. The Hall–Kier alpha value is -1.16. The first-order chi connectivity index (χ1) is 6.90. The van der Waals surface area contributed by atoms with E-state index in [9.17, 15) is 0 Å². The maximum Gasteiger partial charge on any atom is 0.240 e. The molecule has 0 aliphatic heterocycles. The molecule has 0 radical (unpaired) electrons. The summed E-state index contributed by atoms with van der Waals surface area (Å²) in [7, 11) is 0. The largest absolute Gasteiger partial charge is 0.338 e. The topological polar surface area (TPSA) is 51.0 Å². The van der Waals surface area contributed by atoms with Gasteiger partial charge in [-0.2, -0.15) is 4.98 Å². The quantitative estimate of drug-likeness (QED) is 0.570. The Kier molecular flexibility index (Phi) is 2.93. The van der Waals surface area contributed by atoms with Gasteiger partial charge in [-0.15, -0.1) is 6.58 Å². The Morgan fingerprint density at radius 3 is 3.07 bits per heavy atom. The highest BCUT2D eigenvalue weighted by atomic mass is 16.5. The van der Waals surface area contributed by atoms with Crippen LogP contribution in [0.5, 0.6) is 0 Å². The van der Waals surface area contributed by atoms with Crippen molar-refractivity contribution in [1.82, 2.24) is 15.5 Å². The lowest BCUT2D eigenvalue weighted by atomic mass is 9.85. The van der Waals surface area contributed by atoms with Crippen molar-refractivity contribution in [2.75, 3.05) is 6.54 Å². The lowest BCUT2D eigenvalue weighted by molar-refractivity contribution is 0.343. The van der Waals surface area contributed by atoms with E-state index < -0.39 is 0 Å². The second-order valence-electron chi connectivity index (χ2n) is 3.59. The summed E-state index contributed by atoms with van der Waals surface area (Å²) in [5.41, 5.74) is 0. The average Bonchev–Trinajstić information content (AvgIpc) is 2.51. The van der Waals surface area contributed by atoms with Gasteiger partial charge in [0.2, 0.25) is 5.89 Å². The molecule has 0 unspecified atom stereocenters. The van der Waals surface area contributed by atoms with E-state index in [0.29, 0.717) is 18.4 Å². The fourth-order valence-corrected chi connectivity index (χ4v) is 1.45. The maximum absolute atomic E-state index is 5.11. The molecule has 1 heterocycles. The Labute approximate surface area is 83.4 Å². The summed E-state index contributed by atoms with van der Waals surface area (Å²) in [5.74, 6) is 2.10. The highest BCUT2D eigenvalue weighted by molar-refractivity contribution is 4.99. The minimum absolute atomic E-state index is 0.548. The highest BCUT2D eigenvalue weighted by Gasteiger charge is 2.24. The molecule has 1 aliphatic carbocycles. The molecule has 0 atom stereocenters. The summed E-state index contributed by atoms with van der Waals surface area (Å²) >= 11 is 0. The van der Waals surface area contributed by atoms with E-state index in [2.05, 4.69) is 22.0 Å². The predicted molar refractivity (Wildman–Crippen MR) is 52.8 cm³/mol. The third-order valence-corrected chi connectivity index (χ3v) is 2.52. The molecule has 0 bridgehead atoms. The second-order valence-corrected chi connectivity index (χ2v) is 3.59. The summed E-state index contributed by atoms with van der Waals surface area (Å²) in [6, 6.07) is 0. The summed E-state index contributed by atoms with van der Waals surface area (Å²) in [6.45, 7) is 5.01. The molecule has 1 N–H and O–H groups in total. The van der Waals surface area contributed by atoms with Gasteiger partial charge in [-0.05, 0) is 12.8 Å². The van der Waals surface area contributed by atoms with Crippen molar-refractivity contribution in [3.63, 3.8) is 0 Å². The van der Waals surface area contributed by atoms with Gasteiger partial charge in [0, 0.05) is 12.5 Å². The van der Waals surface area contributed by atoms with Crippen LogP contribution in [-0.4, -0.2) is 16.7 Å². The van der Waals surface area contributed by atoms with Crippen molar-refractivity contribution in [3.8, 4) is 0 Å². The number of aromatic nitrogens is 2. The third-order valence-electron chi connectivity index (χ3n) is 2.52. The van der Waals surface area contributed by atoms with E-state index in [1.54, 1.807) is 0 Å². The van der Waals surface area contributed by atoms with Gasteiger partial charge in [0.1, 0.15) is 0 Å². The van der Waals surface area contributed by atoms with Crippen LogP contribution in [0.3, 0.4) is 0 Å². The molecule has 0 spiro atoms. The zero-order chi connectivity index (χ0) is 9.80. The minimum Gasteiger partial charge on any atom is -0.338 e. The molecule has 1 fully saturated rings. The van der Waals surface area contributed by atoms with Gasteiger partial charge in [-0.3, -0.25) is 0 Å². The van der Waals surface area contributed by atoms with Gasteiger partial charge >= 0.3 is 0 Å². The van der Waals surface area contributed by atoms with Crippen LogP contribution in [0.4, 0.5) is 0 Å². The number of rotatable bonds is 5. The maximum atomic E-state index is 5.11. The number of hydrogen-bond acceptors (Lipinski definition) is 4. The van der Waals surface area contributed by atoms with Crippen LogP contribution in [0.25, 0.3) is 0 Å². The van der Waals surface area contributed by atoms with Crippen LogP contribution in [0.1, 0.15) is 36.9 Å². The normalized spacial score (nSPS) is 16.6.